The first-order valence-electron chi connectivity index (χ1n) is 10.9. The maximum Gasteiger partial charge on any atom is 0.412 e. The van der Waals surface area contributed by atoms with Crippen molar-refractivity contribution in [2.45, 2.75) is 19.3 Å². The van der Waals surface area contributed by atoms with Crippen LogP contribution in [0.5, 0.6) is 0 Å². The van der Waals surface area contributed by atoms with Crippen molar-refractivity contribution in [1.29, 1.82) is 5.26 Å². The predicted octanol–water partition coefficient (Wildman–Crippen LogP) is 5.65. The van der Waals surface area contributed by atoms with Gasteiger partial charge in [-0.05, 0) is 49.7 Å². The van der Waals surface area contributed by atoms with Crippen LogP contribution in [-0.4, -0.2) is 39.1 Å². The van der Waals surface area contributed by atoms with E-state index in [9.17, 15) is 14.9 Å². The summed E-state index contributed by atoms with van der Waals surface area (Å²) in [5.74, 6) is -1.24. The van der Waals surface area contributed by atoms with E-state index in [4.69, 9.17) is 16.7 Å². The first kappa shape index (κ1) is 25.5. The number of carboxylic acid groups (broad SMARTS) is 1. The van der Waals surface area contributed by atoms with Crippen LogP contribution in [0.15, 0.2) is 55.0 Å². The maximum absolute atomic E-state index is 15.6. The van der Waals surface area contributed by atoms with Gasteiger partial charge >= 0.3 is 6.09 Å². The average Bonchev–Trinajstić information content (AvgIpc) is 2.89. The molecule has 0 fully saturated rings. The molecule has 0 aliphatic carbocycles. The standard InChI is InChI=1S/C26H20ClFN6O3/c1-26(2,13-29)16-6-7-30-20(9-16)24(35)33-18-5-4-17(27)22(23(18)28)15-8-14-11-32-21(34(3)25(36)37)10-19(14)31-12-15/h4-12H,1-3H3,(H,33,35)(H,36,37). The summed E-state index contributed by atoms with van der Waals surface area (Å²) >= 11 is 6.32. The molecule has 186 valence electrons. The second-order valence-corrected chi connectivity index (χ2v) is 9.11. The molecule has 0 bridgehead atoms. The molecule has 0 radical (unpaired) electrons. The van der Waals surface area contributed by atoms with Crippen molar-refractivity contribution in [3.63, 3.8) is 0 Å². The molecule has 9 nitrogen and oxygen atoms in total. The lowest BCUT2D eigenvalue weighted by Crippen LogP contribution is -2.24. The monoisotopic (exact) mass is 518 g/mol. The first-order valence-corrected chi connectivity index (χ1v) is 11.3. The largest absolute Gasteiger partial charge is 0.465 e. The van der Waals surface area contributed by atoms with E-state index in [-0.39, 0.29) is 27.8 Å². The zero-order valence-corrected chi connectivity index (χ0v) is 20.7. The third kappa shape index (κ3) is 5.03. The number of carbonyl (C=O) groups is 2. The number of pyridine rings is 3. The van der Waals surface area contributed by atoms with Crippen molar-refractivity contribution in [3.05, 3.63) is 77.1 Å². The Hall–Kier alpha value is -4.62. The molecule has 0 saturated carbocycles. The van der Waals surface area contributed by atoms with E-state index in [1.54, 1.807) is 26.0 Å². The summed E-state index contributed by atoms with van der Waals surface area (Å²) in [5, 5.41) is 21.7. The van der Waals surface area contributed by atoms with Crippen molar-refractivity contribution in [3.8, 4) is 17.2 Å². The Morgan fingerprint density at radius 2 is 1.89 bits per heavy atom. The van der Waals surface area contributed by atoms with Gasteiger partial charge in [0.05, 0.1) is 27.7 Å². The Morgan fingerprint density at radius 3 is 2.59 bits per heavy atom. The van der Waals surface area contributed by atoms with Gasteiger partial charge in [0.2, 0.25) is 0 Å². The van der Waals surface area contributed by atoms with Gasteiger partial charge in [-0.1, -0.05) is 11.6 Å². The number of carbonyl (C=O) groups excluding carboxylic acids is 1. The molecule has 0 unspecified atom stereocenters. The number of aromatic nitrogens is 3. The normalized spacial score (nSPS) is 11.1. The van der Waals surface area contributed by atoms with Gasteiger partial charge in [0.1, 0.15) is 11.5 Å². The number of rotatable bonds is 5. The highest BCUT2D eigenvalue weighted by Gasteiger charge is 2.23. The molecular formula is C26H20ClFN6O3. The molecule has 2 amide bonds. The number of hydrogen-bond acceptors (Lipinski definition) is 6. The number of halogens is 2. The van der Waals surface area contributed by atoms with Crippen LogP contribution in [-0.2, 0) is 5.41 Å². The summed E-state index contributed by atoms with van der Waals surface area (Å²) in [6.07, 6.45) is 3.07. The van der Waals surface area contributed by atoms with Crippen molar-refractivity contribution in [1.82, 2.24) is 15.0 Å². The van der Waals surface area contributed by atoms with Crippen LogP contribution in [0.4, 0.5) is 20.7 Å². The number of nitrogens with one attached hydrogen (secondary N) is 1. The molecule has 0 atom stereocenters. The van der Waals surface area contributed by atoms with Crippen LogP contribution in [0.3, 0.4) is 0 Å². The smallest absolute Gasteiger partial charge is 0.412 e. The van der Waals surface area contributed by atoms with Crippen molar-refractivity contribution in [2.24, 2.45) is 0 Å². The van der Waals surface area contributed by atoms with E-state index < -0.39 is 23.2 Å². The lowest BCUT2D eigenvalue weighted by molar-refractivity contribution is 0.102. The lowest BCUT2D eigenvalue weighted by atomic mass is 9.86. The highest BCUT2D eigenvalue weighted by molar-refractivity contribution is 6.33. The van der Waals surface area contributed by atoms with Gasteiger partial charge < -0.3 is 10.4 Å². The predicted molar refractivity (Wildman–Crippen MR) is 137 cm³/mol. The summed E-state index contributed by atoms with van der Waals surface area (Å²) in [7, 11) is 1.36. The van der Waals surface area contributed by atoms with E-state index in [1.165, 1.54) is 49.9 Å². The van der Waals surface area contributed by atoms with Gasteiger partial charge in [0.15, 0.2) is 5.82 Å². The van der Waals surface area contributed by atoms with E-state index in [0.29, 0.717) is 22.0 Å². The molecule has 2 N–H and O–H groups in total. The SMILES string of the molecule is CN(C(=O)O)c1cc2ncc(-c3c(Cl)ccc(NC(=O)c4cc(C(C)(C)C#N)ccn4)c3F)cc2cn1. The summed E-state index contributed by atoms with van der Waals surface area (Å²) in [6.45, 7) is 3.43. The zero-order valence-electron chi connectivity index (χ0n) is 20.0. The molecule has 0 aliphatic heterocycles. The van der Waals surface area contributed by atoms with Crippen molar-refractivity contribution >= 4 is 46.0 Å². The van der Waals surface area contributed by atoms with Crippen LogP contribution >= 0.6 is 11.6 Å². The Balaban J connectivity index is 1.68. The van der Waals surface area contributed by atoms with Gasteiger partial charge in [-0.25, -0.2) is 14.2 Å². The molecule has 11 heteroatoms. The molecule has 0 spiro atoms. The van der Waals surface area contributed by atoms with Crippen LogP contribution < -0.4 is 10.2 Å². The van der Waals surface area contributed by atoms with Crippen LogP contribution in [0.25, 0.3) is 22.0 Å². The number of nitriles is 1. The molecule has 37 heavy (non-hydrogen) atoms. The molecule has 4 rings (SSSR count). The molecule has 4 aromatic rings. The van der Waals surface area contributed by atoms with Gasteiger partial charge in [-0.3, -0.25) is 19.7 Å². The van der Waals surface area contributed by atoms with Gasteiger partial charge in [-0.15, -0.1) is 0 Å². The summed E-state index contributed by atoms with van der Waals surface area (Å²) in [4.78, 5) is 37.5. The molecule has 0 saturated heterocycles. The number of hydrogen-bond donors (Lipinski definition) is 2. The lowest BCUT2D eigenvalue weighted by Gasteiger charge is -2.16. The Labute approximate surface area is 216 Å². The summed E-state index contributed by atoms with van der Waals surface area (Å²) in [5.41, 5.74) is 0.481. The number of anilines is 2. The number of benzene rings is 1. The third-order valence-corrected chi connectivity index (χ3v) is 6.12. The molecule has 3 heterocycles. The second kappa shape index (κ2) is 9.79. The quantitative estimate of drug-likeness (QED) is 0.348. The number of amides is 2. The van der Waals surface area contributed by atoms with Gasteiger partial charge in [-0.2, -0.15) is 5.26 Å². The van der Waals surface area contributed by atoms with E-state index in [2.05, 4.69) is 26.3 Å². The van der Waals surface area contributed by atoms with Crippen molar-refractivity contribution in [2.75, 3.05) is 17.3 Å². The van der Waals surface area contributed by atoms with Crippen LogP contribution in [0.2, 0.25) is 5.02 Å². The van der Waals surface area contributed by atoms with Crippen molar-refractivity contribution < 1.29 is 19.1 Å². The molecule has 3 aromatic heterocycles. The first-order chi connectivity index (χ1) is 17.5. The maximum atomic E-state index is 15.6. The number of fused-ring (bicyclic) bond motifs is 1. The minimum Gasteiger partial charge on any atom is -0.465 e. The van der Waals surface area contributed by atoms with Crippen LogP contribution in [0, 0.1) is 17.1 Å². The molecule has 0 aliphatic rings. The van der Waals surface area contributed by atoms with Gasteiger partial charge in [0, 0.05) is 48.2 Å². The topological polar surface area (TPSA) is 132 Å². The Morgan fingerprint density at radius 1 is 1.14 bits per heavy atom. The highest BCUT2D eigenvalue weighted by Crippen LogP contribution is 2.36. The fraction of sp³-hybridized carbons (Fsp3) is 0.154. The highest BCUT2D eigenvalue weighted by atomic mass is 35.5. The summed E-state index contributed by atoms with van der Waals surface area (Å²) < 4.78 is 15.6. The zero-order chi connectivity index (χ0) is 26.9. The number of nitrogens with zero attached hydrogens (tertiary/aromatic N) is 5. The third-order valence-electron chi connectivity index (χ3n) is 5.80. The molecular weight excluding hydrogens is 499 g/mol. The fourth-order valence-electron chi connectivity index (χ4n) is 3.54. The second-order valence-electron chi connectivity index (χ2n) is 8.71. The van der Waals surface area contributed by atoms with Gasteiger partial charge in [0.25, 0.3) is 5.91 Å². The van der Waals surface area contributed by atoms with E-state index in [1.807, 2.05) is 0 Å². The Bertz CT molecular complexity index is 1600. The molecule has 1 aromatic carbocycles. The fourth-order valence-corrected chi connectivity index (χ4v) is 3.79. The average molecular weight is 519 g/mol. The summed E-state index contributed by atoms with van der Waals surface area (Å²) in [6, 6.07) is 11.2. The van der Waals surface area contributed by atoms with Crippen LogP contribution in [0.1, 0.15) is 29.9 Å². The minimum absolute atomic E-state index is 0.0212. The van der Waals surface area contributed by atoms with E-state index in [0.717, 1.165) is 4.90 Å². The Kier molecular flexibility index (Phi) is 6.74. The minimum atomic E-state index is -1.17. The van der Waals surface area contributed by atoms with E-state index >= 15 is 4.39 Å².